The predicted octanol–water partition coefficient (Wildman–Crippen LogP) is 2.17. The second kappa shape index (κ2) is 6.43. The van der Waals surface area contributed by atoms with Crippen LogP contribution in [0.15, 0.2) is 41.3 Å². The predicted molar refractivity (Wildman–Crippen MR) is 87.5 cm³/mol. The lowest BCUT2D eigenvalue weighted by Crippen LogP contribution is -2.26. The summed E-state index contributed by atoms with van der Waals surface area (Å²) in [5.74, 6) is -0.349. The van der Waals surface area contributed by atoms with Gasteiger partial charge in [-0.3, -0.25) is 14.7 Å². The van der Waals surface area contributed by atoms with Gasteiger partial charge in [-0.1, -0.05) is 13.3 Å². The molecule has 118 valence electrons. The lowest BCUT2D eigenvalue weighted by atomic mass is 10.2. The molecule has 1 amide bonds. The van der Waals surface area contributed by atoms with Crippen molar-refractivity contribution in [2.45, 2.75) is 26.3 Å². The van der Waals surface area contributed by atoms with Crippen molar-refractivity contribution in [2.75, 3.05) is 5.32 Å². The molecule has 0 fully saturated rings. The van der Waals surface area contributed by atoms with Crippen molar-refractivity contribution in [1.82, 2.24) is 20.0 Å². The maximum atomic E-state index is 12.3. The number of carbonyl (C=O) groups excluding carboxylic acids is 1. The zero-order chi connectivity index (χ0) is 16.2. The number of aromatic amines is 1. The number of hydrogen-bond acceptors (Lipinski definition) is 4. The molecule has 0 aliphatic heterocycles. The number of unbranched alkanes of at least 4 members (excludes halogenated alkanes) is 1. The molecular formula is C16H17N5O2. The van der Waals surface area contributed by atoms with Crippen molar-refractivity contribution in [2.24, 2.45) is 0 Å². The van der Waals surface area contributed by atoms with Gasteiger partial charge in [-0.25, -0.2) is 4.68 Å². The van der Waals surface area contributed by atoms with E-state index in [2.05, 4.69) is 20.6 Å². The molecule has 0 saturated heterocycles. The normalized spacial score (nSPS) is 10.8. The van der Waals surface area contributed by atoms with Crippen LogP contribution < -0.4 is 10.9 Å². The minimum absolute atomic E-state index is 0.199. The Bertz CT molecular complexity index is 897. The van der Waals surface area contributed by atoms with Gasteiger partial charge in [0.15, 0.2) is 0 Å². The van der Waals surface area contributed by atoms with Crippen LogP contribution in [0.2, 0.25) is 0 Å². The van der Waals surface area contributed by atoms with Crippen LogP contribution in [0.4, 0.5) is 5.69 Å². The Morgan fingerprint density at radius 3 is 3.00 bits per heavy atom. The van der Waals surface area contributed by atoms with E-state index in [1.807, 2.05) is 19.1 Å². The van der Waals surface area contributed by atoms with Crippen molar-refractivity contribution >= 4 is 22.5 Å². The van der Waals surface area contributed by atoms with Gasteiger partial charge in [-0.15, -0.1) is 0 Å². The average molecular weight is 311 g/mol. The van der Waals surface area contributed by atoms with E-state index < -0.39 is 0 Å². The number of aryl methyl sites for hydroxylation is 1. The molecule has 3 aromatic rings. The fourth-order valence-corrected chi connectivity index (χ4v) is 2.25. The zero-order valence-corrected chi connectivity index (χ0v) is 12.7. The smallest absolute Gasteiger partial charge is 0.276 e. The monoisotopic (exact) mass is 311 g/mol. The number of H-pyrrole nitrogens is 1. The van der Waals surface area contributed by atoms with Crippen LogP contribution in [0, 0.1) is 0 Å². The van der Waals surface area contributed by atoms with Crippen LogP contribution >= 0.6 is 0 Å². The third-order valence-electron chi connectivity index (χ3n) is 3.52. The van der Waals surface area contributed by atoms with E-state index in [-0.39, 0.29) is 17.2 Å². The summed E-state index contributed by atoms with van der Waals surface area (Å²) in [5.41, 5.74) is 1.56. The van der Waals surface area contributed by atoms with E-state index in [1.54, 1.807) is 12.3 Å². The number of nitrogens with zero attached hydrogens (tertiary/aromatic N) is 3. The molecule has 23 heavy (non-hydrogen) atoms. The number of aromatic nitrogens is 4. The van der Waals surface area contributed by atoms with Gasteiger partial charge in [-0.05, 0) is 30.7 Å². The Kier molecular flexibility index (Phi) is 4.18. The van der Waals surface area contributed by atoms with E-state index in [0.717, 1.165) is 23.7 Å². The summed E-state index contributed by atoms with van der Waals surface area (Å²) in [6.45, 7) is 2.55. The molecule has 3 rings (SSSR count). The summed E-state index contributed by atoms with van der Waals surface area (Å²) in [5, 5.41) is 14.6. The molecule has 0 spiro atoms. The second-order valence-electron chi connectivity index (χ2n) is 5.26. The highest BCUT2D eigenvalue weighted by Gasteiger charge is 2.10. The third kappa shape index (κ3) is 3.28. The number of nitrogens with one attached hydrogen (secondary N) is 2. The first-order valence-corrected chi connectivity index (χ1v) is 7.50. The van der Waals surface area contributed by atoms with E-state index in [0.29, 0.717) is 12.2 Å². The van der Waals surface area contributed by atoms with Crippen molar-refractivity contribution in [3.63, 3.8) is 0 Å². The van der Waals surface area contributed by atoms with Gasteiger partial charge in [-0.2, -0.15) is 10.2 Å². The van der Waals surface area contributed by atoms with Crippen LogP contribution in [0.25, 0.3) is 10.9 Å². The fourth-order valence-electron chi connectivity index (χ4n) is 2.25. The summed E-state index contributed by atoms with van der Waals surface area (Å²) in [4.78, 5) is 24.0. The molecule has 0 atom stereocenters. The standard InChI is InChI=1S/C16H17N5O2/c1-2-3-8-21-15(22)7-6-14(20-21)16(23)18-12-4-5-13-11(9-12)10-17-19-13/h4-7,9-10H,2-3,8H2,1H3,(H,17,19)(H,18,23). The highest BCUT2D eigenvalue weighted by molar-refractivity contribution is 6.03. The first kappa shape index (κ1) is 15.0. The van der Waals surface area contributed by atoms with Crippen LogP contribution in [-0.4, -0.2) is 25.9 Å². The Morgan fingerprint density at radius 1 is 1.30 bits per heavy atom. The quantitative estimate of drug-likeness (QED) is 0.755. The second-order valence-corrected chi connectivity index (χ2v) is 5.26. The van der Waals surface area contributed by atoms with E-state index in [1.165, 1.54) is 16.8 Å². The maximum absolute atomic E-state index is 12.3. The van der Waals surface area contributed by atoms with E-state index in [9.17, 15) is 9.59 Å². The number of benzene rings is 1. The average Bonchev–Trinajstić information content (AvgIpc) is 3.01. The Balaban J connectivity index is 1.80. The molecule has 0 bridgehead atoms. The van der Waals surface area contributed by atoms with Crippen LogP contribution in [0.3, 0.4) is 0 Å². The SMILES string of the molecule is CCCCn1nc(C(=O)Nc2ccc3[nH]ncc3c2)ccc1=O. The summed E-state index contributed by atoms with van der Waals surface area (Å²) >= 11 is 0. The molecule has 0 radical (unpaired) electrons. The van der Waals surface area contributed by atoms with E-state index >= 15 is 0 Å². The minimum atomic E-state index is -0.349. The van der Waals surface area contributed by atoms with Gasteiger partial charge >= 0.3 is 0 Å². The van der Waals surface area contributed by atoms with Crippen LogP contribution in [-0.2, 0) is 6.54 Å². The maximum Gasteiger partial charge on any atom is 0.276 e. The number of rotatable bonds is 5. The van der Waals surface area contributed by atoms with Crippen molar-refractivity contribution in [1.29, 1.82) is 0 Å². The highest BCUT2D eigenvalue weighted by Crippen LogP contribution is 2.17. The molecule has 0 aliphatic carbocycles. The van der Waals surface area contributed by atoms with Gasteiger partial charge in [0.2, 0.25) is 0 Å². The zero-order valence-electron chi connectivity index (χ0n) is 12.7. The number of hydrogen-bond donors (Lipinski definition) is 2. The van der Waals surface area contributed by atoms with Crippen molar-refractivity contribution in [3.8, 4) is 0 Å². The molecule has 7 nitrogen and oxygen atoms in total. The summed E-state index contributed by atoms with van der Waals surface area (Å²) in [7, 11) is 0. The molecule has 1 aromatic carbocycles. The lowest BCUT2D eigenvalue weighted by molar-refractivity contribution is 0.102. The molecule has 0 saturated carbocycles. The number of fused-ring (bicyclic) bond motifs is 1. The van der Waals surface area contributed by atoms with E-state index in [4.69, 9.17) is 0 Å². The van der Waals surface area contributed by atoms with Crippen LogP contribution in [0.5, 0.6) is 0 Å². The molecule has 2 heterocycles. The first-order chi connectivity index (χ1) is 11.2. The first-order valence-electron chi connectivity index (χ1n) is 7.50. The Hall–Kier alpha value is -2.96. The van der Waals surface area contributed by atoms with Gasteiger partial charge in [0.25, 0.3) is 11.5 Å². The van der Waals surface area contributed by atoms with Gasteiger partial charge < -0.3 is 5.32 Å². The summed E-state index contributed by atoms with van der Waals surface area (Å²) in [6, 6.07) is 8.26. The molecular weight excluding hydrogens is 294 g/mol. The molecule has 0 aliphatic rings. The fraction of sp³-hybridized carbons (Fsp3) is 0.250. The molecule has 2 N–H and O–H groups in total. The molecule has 0 unspecified atom stereocenters. The Morgan fingerprint density at radius 2 is 2.17 bits per heavy atom. The Labute approximate surface area is 132 Å². The van der Waals surface area contributed by atoms with Gasteiger partial charge in [0, 0.05) is 23.7 Å². The largest absolute Gasteiger partial charge is 0.321 e. The number of carbonyl (C=O) groups is 1. The third-order valence-corrected chi connectivity index (χ3v) is 3.52. The molecule has 2 aromatic heterocycles. The van der Waals surface area contributed by atoms with Gasteiger partial charge in [0.1, 0.15) is 5.69 Å². The minimum Gasteiger partial charge on any atom is -0.321 e. The molecule has 7 heteroatoms. The lowest BCUT2D eigenvalue weighted by Gasteiger charge is -2.07. The number of amides is 1. The van der Waals surface area contributed by atoms with Crippen molar-refractivity contribution < 1.29 is 4.79 Å². The highest BCUT2D eigenvalue weighted by atomic mass is 16.2. The van der Waals surface area contributed by atoms with Crippen LogP contribution in [0.1, 0.15) is 30.3 Å². The van der Waals surface area contributed by atoms with Gasteiger partial charge in [0.05, 0.1) is 11.7 Å². The number of anilines is 1. The summed E-state index contributed by atoms with van der Waals surface area (Å²) in [6.07, 6.45) is 3.48. The topological polar surface area (TPSA) is 92.7 Å². The van der Waals surface area contributed by atoms with Crippen molar-refractivity contribution in [3.05, 3.63) is 52.6 Å². The summed E-state index contributed by atoms with van der Waals surface area (Å²) < 4.78 is 1.33.